The van der Waals surface area contributed by atoms with E-state index in [1.165, 1.54) is 0 Å². The number of hydrogen-bond acceptors (Lipinski definition) is 6. The molecule has 0 atom stereocenters. The Balaban J connectivity index is 1.74. The molecule has 0 bridgehead atoms. The number of aromatic amines is 1. The first kappa shape index (κ1) is 18.0. The van der Waals surface area contributed by atoms with Gasteiger partial charge in [-0.3, -0.25) is 4.98 Å². The van der Waals surface area contributed by atoms with Gasteiger partial charge < -0.3 is 0 Å². The van der Waals surface area contributed by atoms with Crippen molar-refractivity contribution in [2.75, 3.05) is 0 Å². The standard InChI is InChI=1S/C20H22N8/c1-3-4-11-18-22-14(2)25-28(18)13-15-8-7-12-21-19(15)16-9-5-6-10-17(16)20-23-26-27-24-20/h5-10,12H,3-4,11,13H2,1-2H3,(H,23,24,26,27). The van der Waals surface area contributed by atoms with Gasteiger partial charge in [-0.15, -0.1) is 5.10 Å². The van der Waals surface area contributed by atoms with Gasteiger partial charge in [-0.2, -0.15) is 5.10 Å². The average molecular weight is 374 g/mol. The van der Waals surface area contributed by atoms with Crippen LogP contribution in [0.4, 0.5) is 0 Å². The SMILES string of the molecule is CCCCc1nc(C)nn1Cc1cccnc1-c1ccccc1-c1nnn[nH]1. The van der Waals surface area contributed by atoms with Gasteiger partial charge in [-0.1, -0.05) is 43.7 Å². The molecule has 0 aliphatic heterocycles. The van der Waals surface area contributed by atoms with E-state index in [0.717, 1.165) is 53.3 Å². The Hall–Kier alpha value is -3.42. The molecule has 0 aliphatic rings. The number of benzene rings is 1. The third kappa shape index (κ3) is 3.66. The van der Waals surface area contributed by atoms with Crippen molar-refractivity contribution in [3.8, 4) is 22.6 Å². The molecule has 1 aromatic carbocycles. The maximum atomic E-state index is 4.67. The van der Waals surface area contributed by atoms with E-state index in [1.54, 1.807) is 6.20 Å². The number of aryl methyl sites for hydroxylation is 2. The second kappa shape index (κ2) is 8.08. The van der Waals surface area contributed by atoms with Gasteiger partial charge in [0.1, 0.15) is 11.6 Å². The predicted octanol–water partition coefficient (Wildman–Crippen LogP) is 3.22. The molecule has 0 saturated heterocycles. The summed E-state index contributed by atoms with van der Waals surface area (Å²) in [5.41, 5.74) is 3.85. The van der Waals surface area contributed by atoms with E-state index < -0.39 is 0 Å². The summed E-state index contributed by atoms with van der Waals surface area (Å²) in [5.74, 6) is 2.43. The van der Waals surface area contributed by atoms with Crippen LogP contribution in [0, 0.1) is 6.92 Å². The van der Waals surface area contributed by atoms with Crippen LogP contribution in [0.5, 0.6) is 0 Å². The van der Waals surface area contributed by atoms with Crippen molar-refractivity contribution in [1.29, 1.82) is 0 Å². The minimum Gasteiger partial charge on any atom is -0.256 e. The molecule has 0 spiro atoms. The minimum atomic E-state index is 0.617. The van der Waals surface area contributed by atoms with Crippen LogP contribution in [-0.4, -0.2) is 40.4 Å². The van der Waals surface area contributed by atoms with Crippen molar-refractivity contribution >= 4 is 0 Å². The van der Waals surface area contributed by atoms with Crippen molar-refractivity contribution < 1.29 is 0 Å². The Kier molecular flexibility index (Phi) is 5.18. The average Bonchev–Trinajstić information content (AvgIpc) is 3.37. The Morgan fingerprint density at radius 3 is 2.71 bits per heavy atom. The highest BCUT2D eigenvalue weighted by atomic mass is 15.5. The van der Waals surface area contributed by atoms with Crippen LogP contribution in [-0.2, 0) is 13.0 Å². The number of tetrazole rings is 1. The van der Waals surface area contributed by atoms with Gasteiger partial charge in [0, 0.05) is 23.7 Å². The zero-order valence-corrected chi connectivity index (χ0v) is 16.0. The smallest absolute Gasteiger partial charge is 0.180 e. The summed E-state index contributed by atoms with van der Waals surface area (Å²) in [5, 5.41) is 18.9. The summed E-state index contributed by atoms with van der Waals surface area (Å²) in [6.45, 7) is 4.73. The maximum Gasteiger partial charge on any atom is 0.180 e. The number of unbranched alkanes of at least 4 members (excludes halogenated alkanes) is 1. The predicted molar refractivity (Wildman–Crippen MR) is 105 cm³/mol. The van der Waals surface area contributed by atoms with Crippen molar-refractivity contribution in [2.24, 2.45) is 0 Å². The summed E-state index contributed by atoms with van der Waals surface area (Å²) in [6, 6.07) is 12.0. The molecular weight excluding hydrogens is 352 g/mol. The van der Waals surface area contributed by atoms with Gasteiger partial charge >= 0.3 is 0 Å². The molecule has 4 aromatic rings. The van der Waals surface area contributed by atoms with Gasteiger partial charge in [0.05, 0.1) is 12.2 Å². The molecule has 142 valence electrons. The van der Waals surface area contributed by atoms with Gasteiger partial charge in [-0.25, -0.2) is 14.8 Å². The lowest BCUT2D eigenvalue weighted by molar-refractivity contribution is 0.616. The monoisotopic (exact) mass is 374 g/mol. The molecule has 4 rings (SSSR count). The summed E-state index contributed by atoms with van der Waals surface area (Å²) < 4.78 is 1.99. The number of pyridine rings is 1. The van der Waals surface area contributed by atoms with Gasteiger partial charge in [0.15, 0.2) is 5.82 Å². The van der Waals surface area contributed by atoms with Gasteiger partial charge in [-0.05, 0) is 35.4 Å². The molecule has 8 heteroatoms. The number of rotatable bonds is 7. The second-order valence-corrected chi connectivity index (χ2v) is 6.64. The number of H-pyrrole nitrogens is 1. The highest BCUT2D eigenvalue weighted by molar-refractivity contribution is 5.79. The number of nitrogens with zero attached hydrogens (tertiary/aromatic N) is 7. The van der Waals surface area contributed by atoms with Crippen LogP contribution >= 0.6 is 0 Å². The van der Waals surface area contributed by atoms with Crippen molar-refractivity contribution in [3.05, 3.63) is 59.8 Å². The highest BCUT2D eigenvalue weighted by Gasteiger charge is 2.16. The minimum absolute atomic E-state index is 0.617. The Bertz CT molecular complexity index is 1050. The summed E-state index contributed by atoms with van der Waals surface area (Å²) in [7, 11) is 0. The molecule has 3 aromatic heterocycles. The van der Waals surface area contributed by atoms with Crippen LogP contribution in [0.3, 0.4) is 0 Å². The van der Waals surface area contributed by atoms with Crippen LogP contribution in [0.25, 0.3) is 22.6 Å². The molecule has 0 aliphatic carbocycles. The molecule has 0 fully saturated rings. The van der Waals surface area contributed by atoms with Gasteiger partial charge in [0.25, 0.3) is 0 Å². The first-order valence-corrected chi connectivity index (χ1v) is 9.44. The van der Waals surface area contributed by atoms with E-state index in [2.05, 4.69) is 48.7 Å². The Labute approximate surface area is 163 Å². The lowest BCUT2D eigenvalue weighted by Crippen LogP contribution is -2.09. The maximum absolute atomic E-state index is 4.67. The fourth-order valence-electron chi connectivity index (χ4n) is 3.29. The third-order valence-corrected chi connectivity index (χ3v) is 4.60. The van der Waals surface area contributed by atoms with Gasteiger partial charge in [0.2, 0.25) is 0 Å². The Morgan fingerprint density at radius 2 is 1.93 bits per heavy atom. The molecule has 0 saturated carbocycles. The van der Waals surface area contributed by atoms with Crippen LogP contribution < -0.4 is 0 Å². The molecule has 0 radical (unpaired) electrons. The zero-order chi connectivity index (χ0) is 19.3. The van der Waals surface area contributed by atoms with E-state index in [1.807, 2.05) is 41.9 Å². The molecule has 1 N–H and O–H groups in total. The molecular formula is C20H22N8. The largest absolute Gasteiger partial charge is 0.256 e. The summed E-state index contributed by atoms with van der Waals surface area (Å²) >= 11 is 0. The molecule has 0 unspecified atom stereocenters. The van der Waals surface area contributed by atoms with Crippen molar-refractivity contribution in [1.82, 2.24) is 40.4 Å². The van der Waals surface area contributed by atoms with E-state index in [0.29, 0.717) is 12.4 Å². The topological polar surface area (TPSA) is 98.1 Å². The third-order valence-electron chi connectivity index (χ3n) is 4.60. The van der Waals surface area contributed by atoms with Crippen molar-refractivity contribution in [3.63, 3.8) is 0 Å². The Morgan fingerprint density at radius 1 is 1.07 bits per heavy atom. The molecule has 0 amide bonds. The van der Waals surface area contributed by atoms with E-state index >= 15 is 0 Å². The first-order valence-electron chi connectivity index (χ1n) is 9.44. The second-order valence-electron chi connectivity index (χ2n) is 6.64. The molecule has 28 heavy (non-hydrogen) atoms. The quantitative estimate of drug-likeness (QED) is 0.533. The lowest BCUT2D eigenvalue weighted by Gasteiger charge is -2.12. The fraction of sp³-hybridized carbons (Fsp3) is 0.300. The molecule has 8 nitrogen and oxygen atoms in total. The summed E-state index contributed by atoms with van der Waals surface area (Å²) in [4.78, 5) is 9.28. The molecule has 3 heterocycles. The highest BCUT2D eigenvalue weighted by Crippen LogP contribution is 2.30. The normalized spacial score (nSPS) is 11.1. The van der Waals surface area contributed by atoms with E-state index in [4.69, 9.17) is 0 Å². The van der Waals surface area contributed by atoms with Crippen LogP contribution in [0.15, 0.2) is 42.6 Å². The number of hydrogen-bond donors (Lipinski definition) is 1. The van der Waals surface area contributed by atoms with Crippen LogP contribution in [0.2, 0.25) is 0 Å². The number of aromatic nitrogens is 8. The number of nitrogens with one attached hydrogen (secondary N) is 1. The summed E-state index contributed by atoms with van der Waals surface area (Å²) in [6.07, 6.45) is 4.95. The van der Waals surface area contributed by atoms with Crippen molar-refractivity contribution in [2.45, 2.75) is 39.7 Å². The zero-order valence-electron chi connectivity index (χ0n) is 16.0. The van der Waals surface area contributed by atoms with Crippen LogP contribution in [0.1, 0.15) is 37.0 Å². The van der Waals surface area contributed by atoms with E-state index in [-0.39, 0.29) is 0 Å². The lowest BCUT2D eigenvalue weighted by atomic mass is 9.99. The first-order chi connectivity index (χ1) is 13.8. The fourth-order valence-corrected chi connectivity index (χ4v) is 3.29. The van der Waals surface area contributed by atoms with E-state index in [9.17, 15) is 0 Å².